The highest BCUT2D eigenvalue weighted by molar-refractivity contribution is 5.96. The average molecular weight is 520 g/mol. The largest absolute Gasteiger partial charge is 0.444 e. The monoisotopic (exact) mass is 519 g/mol. The Balaban J connectivity index is 1.42. The lowest BCUT2D eigenvalue weighted by atomic mass is 9.88. The third-order valence-electron chi connectivity index (χ3n) is 6.63. The van der Waals surface area contributed by atoms with Crippen LogP contribution in [0.5, 0.6) is 0 Å². The van der Waals surface area contributed by atoms with E-state index in [4.69, 9.17) is 9.47 Å². The minimum absolute atomic E-state index is 0.0738. The summed E-state index contributed by atoms with van der Waals surface area (Å²) in [4.78, 5) is 43.9. The quantitative estimate of drug-likeness (QED) is 0.599. The van der Waals surface area contributed by atoms with Gasteiger partial charge in [0.1, 0.15) is 22.9 Å². The van der Waals surface area contributed by atoms with E-state index in [9.17, 15) is 19.6 Å². The lowest BCUT2D eigenvalue weighted by Crippen LogP contribution is -2.63. The van der Waals surface area contributed by atoms with Crippen LogP contribution in [0.3, 0.4) is 0 Å². The van der Waals surface area contributed by atoms with Gasteiger partial charge < -0.3 is 25.0 Å². The zero-order valence-electron chi connectivity index (χ0n) is 22.2. The summed E-state index contributed by atoms with van der Waals surface area (Å²) in [6.45, 7) is 6.41. The fourth-order valence-corrected chi connectivity index (χ4v) is 4.61. The van der Waals surface area contributed by atoms with Gasteiger partial charge in [-0.2, -0.15) is 5.26 Å². The number of carbonyl (C=O) groups excluding carboxylic acids is 3. The predicted molar refractivity (Wildman–Crippen MR) is 139 cm³/mol. The molecule has 1 aromatic heterocycles. The molecule has 3 heterocycles. The average Bonchev–Trinajstić information content (AvgIpc) is 3.15. The SMILES string of the molecule is CN1Cc2cc(-c3ccc(CC(C#N)NC(=O)C4(NC(=O)OC(C)(C)C)CCOCC4)cc3)cnc2C1=O. The normalized spacial score (nSPS) is 17.2. The summed E-state index contributed by atoms with van der Waals surface area (Å²) in [6, 6.07) is 11.0. The molecule has 2 aliphatic heterocycles. The van der Waals surface area contributed by atoms with Gasteiger partial charge >= 0.3 is 6.09 Å². The molecule has 0 radical (unpaired) electrons. The summed E-state index contributed by atoms with van der Waals surface area (Å²) in [7, 11) is 1.75. The maximum absolute atomic E-state index is 13.3. The molecule has 4 rings (SSSR count). The number of aromatic nitrogens is 1. The second-order valence-corrected chi connectivity index (χ2v) is 10.8. The van der Waals surface area contributed by atoms with Gasteiger partial charge in [-0.05, 0) is 38.0 Å². The Bertz CT molecular complexity index is 1260. The molecule has 0 bridgehead atoms. The molecule has 2 N–H and O–H groups in total. The number of benzene rings is 1. The molecular weight excluding hydrogens is 486 g/mol. The number of pyridine rings is 1. The van der Waals surface area contributed by atoms with E-state index in [0.29, 0.717) is 31.9 Å². The first-order valence-electron chi connectivity index (χ1n) is 12.6. The molecule has 0 saturated carbocycles. The van der Waals surface area contributed by atoms with Crippen LogP contribution in [0.1, 0.15) is 55.2 Å². The lowest BCUT2D eigenvalue weighted by Gasteiger charge is -2.37. The number of nitrogens with one attached hydrogen (secondary N) is 2. The van der Waals surface area contributed by atoms with Gasteiger partial charge in [0.25, 0.3) is 5.91 Å². The zero-order valence-corrected chi connectivity index (χ0v) is 22.2. The van der Waals surface area contributed by atoms with E-state index in [1.54, 1.807) is 38.9 Å². The molecule has 0 spiro atoms. The molecule has 2 aliphatic rings. The molecule has 1 fully saturated rings. The molecule has 2 aromatic rings. The van der Waals surface area contributed by atoms with Gasteiger partial charge in [-0.25, -0.2) is 4.79 Å². The Hall–Kier alpha value is -3.97. The number of rotatable bonds is 6. The first kappa shape index (κ1) is 27.1. The van der Waals surface area contributed by atoms with E-state index in [1.807, 2.05) is 30.3 Å². The standard InChI is InChI=1S/C28H33N5O5/c1-27(2,3)38-26(36)32-28(9-11-37-12-10-28)25(35)31-22(15-29)13-18-5-7-19(8-6-18)20-14-21-17-33(4)24(34)23(21)30-16-20/h5-8,14,16,22H,9-13,17H2,1-4H3,(H,31,35)(H,32,36). The number of fused-ring (bicyclic) bond motifs is 1. The van der Waals surface area contributed by atoms with Crippen molar-refractivity contribution in [3.8, 4) is 17.2 Å². The van der Waals surface area contributed by atoms with Crippen LogP contribution >= 0.6 is 0 Å². The van der Waals surface area contributed by atoms with Gasteiger partial charge in [-0.3, -0.25) is 14.6 Å². The Labute approximate surface area is 222 Å². The Morgan fingerprint density at radius 3 is 2.53 bits per heavy atom. The number of hydrogen-bond acceptors (Lipinski definition) is 7. The fourth-order valence-electron chi connectivity index (χ4n) is 4.61. The summed E-state index contributed by atoms with van der Waals surface area (Å²) in [5.41, 5.74) is 2.17. The van der Waals surface area contributed by atoms with Gasteiger partial charge in [0.05, 0.1) is 6.07 Å². The van der Waals surface area contributed by atoms with Gasteiger partial charge in [-0.15, -0.1) is 0 Å². The van der Waals surface area contributed by atoms with Crippen LogP contribution in [0.15, 0.2) is 36.5 Å². The number of nitriles is 1. The molecule has 200 valence electrons. The topological polar surface area (TPSA) is 134 Å². The molecule has 1 unspecified atom stereocenters. The number of alkyl carbamates (subject to hydrolysis) is 1. The molecule has 10 nitrogen and oxygen atoms in total. The molecular formula is C28H33N5O5. The number of ether oxygens (including phenoxy) is 2. The highest BCUT2D eigenvalue weighted by atomic mass is 16.6. The summed E-state index contributed by atoms with van der Waals surface area (Å²) in [6.07, 6.45) is 1.86. The summed E-state index contributed by atoms with van der Waals surface area (Å²) in [5, 5.41) is 15.3. The van der Waals surface area contributed by atoms with E-state index >= 15 is 0 Å². The molecule has 38 heavy (non-hydrogen) atoms. The van der Waals surface area contributed by atoms with Gasteiger partial charge in [-0.1, -0.05) is 24.3 Å². The maximum Gasteiger partial charge on any atom is 0.408 e. The van der Waals surface area contributed by atoms with Crippen LogP contribution in [-0.2, 0) is 27.2 Å². The molecule has 3 amide bonds. The number of hydrogen-bond donors (Lipinski definition) is 2. The predicted octanol–water partition coefficient (Wildman–Crippen LogP) is 2.96. The third-order valence-corrected chi connectivity index (χ3v) is 6.63. The van der Waals surface area contributed by atoms with Crippen LogP contribution in [0.2, 0.25) is 0 Å². The van der Waals surface area contributed by atoms with Crippen molar-refractivity contribution in [2.75, 3.05) is 20.3 Å². The first-order valence-corrected chi connectivity index (χ1v) is 12.6. The van der Waals surface area contributed by atoms with Crippen LogP contribution in [0, 0.1) is 11.3 Å². The van der Waals surface area contributed by atoms with Crippen LogP contribution in [0.4, 0.5) is 4.79 Å². The third kappa shape index (κ3) is 6.11. The highest BCUT2D eigenvalue weighted by Gasteiger charge is 2.43. The summed E-state index contributed by atoms with van der Waals surface area (Å²) < 4.78 is 10.8. The Morgan fingerprint density at radius 2 is 1.89 bits per heavy atom. The summed E-state index contributed by atoms with van der Waals surface area (Å²) in [5.74, 6) is -0.506. The van der Waals surface area contributed by atoms with Crippen LogP contribution in [0.25, 0.3) is 11.1 Å². The van der Waals surface area contributed by atoms with Gasteiger partial charge in [0, 0.05) is 63.4 Å². The van der Waals surface area contributed by atoms with Crippen molar-refractivity contribution in [2.45, 2.75) is 63.8 Å². The fraction of sp³-hybridized carbons (Fsp3) is 0.464. The maximum atomic E-state index is 13.3. The summed E-state index contributed by atoms with van der Waals surface area (Å²) >= 11 is 0. The van der Waals surface area contributed by atoms with E-state index in [1.165, 1.54) is 0 Å². The second-order valence-electron chi connectivity index (χ2n) is 10.8. The Kier molecular flexibility index (Phi) is 7.69. The molecule has 1 saturated heterocycles. The van der Waals surface area contributed by atoms with E-state index in [-0.39, 0.29) is 18.7 Å². The molecule has 1 aromatic carbocycles. The van der Waals surface area contributed by atoms with Crippen molar-refractivity contribution in [3.63, 3.8) is 0 Å². The van der Waals surface area contributed by atoms with E-state index in [2.05, 4.69) is 21.7 Å². The minimum atomic E-state index is -1.21. The first-order chi connectivity index (χ1) is 18.0. The van der Waals surface area contributed by atoms with Crippen molar-refractivity contribution in [1.29, 1.82) is 5.26 Å². The molecule has 0 aliphatic carbocycles. The second kappa shape index (κ2) is 10.8. The van der Waals surface area contributed by atoms with Crippen molar-refractivity contribution in [3.05, 3.63) is 53.3 Å². The number of carbonyl (C=O) groups is 3. The smallest absolute Gasteiger partial charge is 0.408 e. The van der Waals surface area contributed by atoms with E-state index in [0.717, 1.165) is 22.3 Å². The van der Waals surface area contributed by atoms with Crippen LogP contribution < -0.4 is 10.6 Å². The lowest BCUT2D eigenvalue weighted by molar-refractivity contribution is -0.132. The molecule has 1 atom stereocenters. The van der Waals surface area contributed by atoms with E-state index < -0.39 is 29.2 Å². The zero-order chi connectivity index (χ0) is 27.5. The number of amides is 3. The number of nitrogens with zero attached hydrogens (tertiary/aromatic N) is 3. The Morgan fingerprint density at radius 1 is 1.21 bits per heavy atom. The van der Waals surface area contributed by atoms with Crippen LogP contribution in [-0.4, -0.2) is 65.2 Å². The minimum Gasteiger partial charge on any atom is -0.444 e. The highest BCUT2D eigenvalue weighted by Crippen LogP contribution is 2.27. The van der Waals surface area contributed by atoms with Crippen molar-refractivity contribution in [2.24, 2.45) is 0 Å². The van der Waals surface area contributed by atoms with Gasteiger partial charge in [0.15, 0.2) is 0 Å². The van der Waals surface area contributed by atoms with Gasteiger partial charge in [0.2, 0.25) is 5.91 Å². The molecule has 10 heteroatoms. The van der Waals surface area contributed by atoms with Crippen molar-refractivity contribution < 1.29 is 23.9 Å². The van der Waals surface area contributed by atoms with Crippen molar-refractivity contribution >= 4 is 17.9 Å². The van der Waals surface area contributed by atoms with Crippen molar-refractivity contribution in [1.82, 2.24) is 20.5 Å².